The van der Waals surface area contributed by atoms with Crippen LogP contribution in [0.2, 0.25) is 0 Å². The SMILES string of the molecule is C=Nc1ccc(-c2ccc(-c3ccc(N=CCC)cc3)cc2)cc1. The first-order chi connectivity index (χ1) is 11.8. The fraction of sp³-hybridized carbons (Fsp3) is 0.0909. The van der Waals surface area contributed by atoms with E-state index in [1.807, 2.05) is 18.3 Å². The molecule has 0 radical (unpaired) electrons. The second-order valence-corrected chi connectivity index (χ2v) is 5.55. The van der Waals surface area contributed by atoms with E-state index in [-0.39, 0.29) is 0 Å². The summed E-state index contributed by atoms with van der Waals surface area (Å²) in [7, 11) is 0. The molecule has 2 nitrogen and oxygen atoms in total. The number of benzene rings is 3. The van der Waals surface area contributed by atoms with Crippen LogP contribution in [0.1, 0.15) is 13.3 Å². The molecule has 0 aliphatic rings. The van der Waals surface area contributed by atoms with Crippen LogP contribution < -0.4 is 0 Å². The highest BCUT2D eigenvalue weighted by Crippen LogP contribution is 2.27. The third-order valence-corrected chi connectivity index (χ3v) is 3.89. The minimum Gasteiger partial charge on any atom is -0.265 e. The third kappa shape index (κ3) is 3.66. The third-order valence-electron chi connectivity index (χ3n) is 3.89. The molecule has 0 saturated heterocycles. The maximum atomic E-state index is 4.39. The summed E-state index contributed by atoms with van der Waals surface area (Å²) < 4.78 is 0. The van der Waals surface area contributed by atoms with Gasteiger partial charge in [0.05, 0.1) is 11.4 Å². The average molecular weight is 312 g/mol. The van der Waals surface area contributed by atoms with Gasteiger partial charge in [-0.1, -0.05) is 55.5 Å². The van der Waals surface area contributed by atoms with Gasteiger partial charge in [-0.3, -0.25) is 9.98 Å². The smallest absolute Gasteiger partial charge is 0.0626 e. The van der Waals surface area contributed by atoms with E-state index in [2.05, 4.69) is 84.3 Å². The predicted molar refractivity (Wildman–Crippen MR) is 105 cm³/mol. The van der Waals surface area contributed by atoms with E-state index in [0.717, 1.165) is 17.8 Å². The minimum atomic E-state index is 0.890. The lowest BCUT2D eigenvalue weighted by atomic mass is 10.00. The van der Waals surface area contributed by atoms with Crippen molar-refractivity contribution in [1.29, 1.82) is 0 Å². The Bertz CT molecular complexity index is 827. The van der Waals surface area contributed by atoms with E-state index < -0.39 is 0 Å². The van der Waals surface area contributed by atoms with Gasteiger partial charge in [0.15, 0.2) is 0 Å². The zero-order valence-corrected chi connectivity index (χ0v) is 13.8. The van der Waals surface area contributed by atoms with Gasteiger partial charge in [-0.25, -0.2) is 0 Å². The molecule has 0 fully saturated rings. The number of hydrogen-bond donors (Lipinski definition) is 0. The first kappa shape index (κ1) is 15.9. The molecule has 3 aromatic rings. The van der Waals surface area contributed by atoms with E-state index in [9.17, 15) is 0 Å². The number of nitrogens with zero attached hydrogens (tertiary/aromatic N) is 2. The molecule has 0 amide bonds. The zero-order chi connectivity index (χ0) is 16.8. The number of hydrogen-bond acceptors (Lipinski definition) is 2. The van der Waals surface area contributed by atoms with Crippen molar-refractivity contribution in [3.8, 4) is 22.3 Å². The van der Waals surface area contributed by atoms with E-state index in [1.54, 1.807) is 0 Å². The molecule has 0 aliphatic heterocycles. The first-order valence-electron chi connectivity index (χ1n) is 8.10. The van der Waals surface area contributed by atoms with Crippen LogP contribution in [0.25, 0.3) is 22.3 Å². The monoisotopic (exact) mass is 312 g/mol. The average Bonchev–Trinajstić information content (AvgIpc) is 2.67. The van der Waals surface area contributed by atoms with Crippen molar-refractivity contribution in [2.75, 3.05) is 0 Å². The molecule has 118 valence electrons. The van der Waals surface area contributed by atoms with Gasteiger partial charge in [-0.05, 0) is 59.7 Å². The van der Waals surface area contributed by atoms with Crippen molar-refractivity contribution in [2.24, 2.45) is 9.98 Å². The Morgan fingerprint density at radius 3 is 1.42 bits per heavy atom. The Balaban J connectivity index is 1.80. The van der Waals surface area contributed by atoms with Crippen molar-refractivity contribution in [1.82, 2.24) is 0 Å². The van der Waals surface area contributed by atoms with E-state index in [0.29, 0.717) is 0 Å². The number of aliphatic imine (C=N–C) groups is 2. The van der Waals surface area contributed by atoms with Gasteiger partial charge in [0, 0.05) is 6.21 Å². The van der Waals surface area contributed by atoms with Crippen LogP contribution in [-0.2, 0) is 0 Å². The van der Waals surface area contributed by atoms with E-state index >= 15 is 0 Å². The quantitative estimate of drug-likeness (QED) is 0.483. The Kier molecular flexibility index (Phi) is 4.97. The van der Waals surface area contributed by atoms with Crippen LogP contribution in [-0.4, -0.2) is 12.9 Å². The lowest BCUT2D eigenvalue weighted by molar-refractivity contribution is 1.31. The summed E-state index contributed by atoms with van der Waals surface area (Å²) in [6, 6.07) is 25.0. The Labute approximate surface area is 143 Å². The van der Waals surface area contributed by atoms with Crippen LogP contribution >= 0.6 is 0 Å². The topological polar surface area (TPSA) is 24.7 Å². The largest absolute Gasteiger partial charge is 0.265 e. The molecule has 0 aromatic heterocycles. The molecule has 3 rings (SSSR count). The molecule has 0 heterocycles. The van der Waals surface area contributed by atoms with Crippen LogP contribution in [0.4, 0.5) is 11.4 Å². The highest BCUT2D eigenvalue weighted by atomic mass is 14.7. The van der Waals surface area contributed by atoms with Crippen molar-refractivity contribution in [3.05, 3.63) is 72.8 Å². The normalized spacial score (nSPS) is 10.9. The Hall–Kier alpha value is -3.00. The second kappa shape index (κ2) is 7.51. The molecule has 0 unspecified atom stereocenters. The first-order valence-corrected chi connectivity index (χ1v) is 8.10. The fourth-order valence-corrected chi connectivity index (χ4v) is 2.55. The minimum absolute atomic E-state index is 0.890. The van der Waals surface area contributed by atoms with Gasteiger partial charge in [0.25, 0.3) is 0 Å². The van der Waals surface area contributed by atoms with Crippen LogP contribution in [0.15, 0.2) is 82.8 Å². The van der Waals surface area contributed by atoms with Crippen LogP contribution in [0.5, 0.6) is 0 Å². The maximum Gasteiger partial charge on any atom is 0.0626 e. The molecule has 0 bridgehead atoms. The second-order valence-electron chi connectivity index (χ2n) is 5.55. The summed E-state index contributed by atoms with van der Waals surface area (Å²) in [5.41, 5.74) is 6.66. The lowest BCUT2D eigenvalue weighted by Gasteiger charge is -2.06. The Morgan fingerprint density at radius 2 is 1.04 bits per heavy atom. The molecule has 0 aliphatic carbocycles. The van der Waals surface area contributed by atoms with Gasteiger partial charge in [0.2, 0.25) is 0 Å². The number of rotatable bonds is 5. The van der Waals surface area contributed by atoms with Crippen molar-refractivity contribution in [3.63, 3.8) is 0 Å². The summed E-state index contributed by atoms with van der Waals surface area (Å²) in [6.07, 6.45) is 2.88. The fourth-order valence-electron chi connectivity index (χ4n) is 2.55. The van der Waals surface area contributed by atoms with Crippen molar-refractivity contribution >= 4 is 24.3 Å². The van der Waals surface area contributed by atoms with Crippen molar-refractivity contribution < 1.29 is 0 Å². The van der Waals surface area contributed by atoms with Gasteiger partial charge in [-0.2, -0.15) is 0 Å². The molecule has 0 spiro atoms. The summed E-state index contributed by atoms with van der Waals surface area (Å²) >= 11 is 0. The molecule has 3 aromatic carbocycles. The van der Waals surface area contributed by atoms with Gasteiger partial charge >= 0.3 is 0 Å². The predicted octanol–water partition coefficient (Wildman–Crippen LogP) is 6.47. The van der Waals surface area contributed by atoms with Crippen LogP contribution in [0.3, 0.4) is 0 Å². The Morgan fingerprint density at radius 1 is 0.667 bits per heavy atom. The van der Waals surface area contributed by atoms with Crippen LogP contribution in [0, 0.1) is 0 Å². The maximum absolute atomic E-state index is 4.39. The summed E-state index contributed by atoms with van der Waals surface area (Å²) in [6.45, 7) is 5.63. The highest BCUT2D eigenvalue weighted by molar-refractivity contribution is 5.72. The molecule has 0 saturated carbocycles. The molecular formula is C22H20N2. The lowest BCUT2D eigenvalue weighted by Crippen LogP contribution is -1.80. The van der Waals surface area contributed by atoms with Gasteiger partial charge in [0.1, 0.15) is 0 Å². The van der Waals surface area contributed by atoms with Gasteiger partial charge in [-0.15, -0.1) is 0 Å². The van der Waals surface area contributed by atoms with E-state index in [4.69, 9.17) is 0 Å². The molecule has 2 heteroatoms. The molecule has 0 atom stereocenters. The summed E-state index contributed by atoms with van der Waals surface area (Å²) in [5, 5.41) is 0. The molecular weight excluding hydrogens is 292 g/mol. The summed E-state index contributed by atoms with van der Waals surface area (Å²) in [5.74, 6) is 0. The summed E-state index contributed by atoms with van der Waals surface area (Å²) in [4.78, 5) is 8.32. The van der Waals surface area contributed by atoms with Crippen molar-refractivity contribution in [2.45, 2.75) is 13.3 Å². The van der Waals surface area contributed by atoms with Gasteiger partial charge < -0.3 is 0 Å². The highest BCUT2D eigenvalue weighted by Gasteiger charge is 2.01. The molecule has 0 N–H and O–H groups in total. The zero-order valence-electron chi connectivity index (χ0n) is 13.8. The van der Waals surface area contributed by atoms with E-state index in [1.165, 1.54) is 22.3 Å². The molecule has 24 heavy (non-hydrogen) atoms. The standard InChI is InChI=1S/C22H20N2/c1-3-16-24-22-14-10-20(11-15-22)18-6-4-17(5-7-18)19-8-12-21(23-2)13-9-19/h4-16H,2-3H2,1H3.